The molecule has 0 radical (unpaired) electrons. The smallest absolute Gasteiger partial charge is 0.387 e. The van der Waals surface area contributed by atoms with Gasteiger partial charge in [-0.25, -0.2) is 0 Å². The maximum absolute atomic E-state index is 12.3. The highest BCUT2D eigenvalue weighted by Crippen LogP contribution is 2.30. The van der Waals surface area contributed by atoms with Crippen LogP contribution in [-0.4, -0.2) is 42.9 Å². The molecule has 1 aromatic rings. The minimum atomic E-state index is -2.87. The molecule has 21 heavy (non-hydrogen) atoms. The molecule has 0 amide bonds. The molecule has 1 fully saturated rings. The van der Waals surface area contributed by atoms with Crippen molar-refractivity contribution in [2.24, 2.45) is 5.92 Å². The van der Waals surface area contributed by atoms with Gasteiger partial charge in [-0.1, -0.05) is 6.07 Å². The van der Waals surface area contributed by atoms with Crippen LogP contribution in [0.2, 0.25) is 0 Å². The fraction of sp³-hybridized carbons (Fsp3) is 0.600. The highest BCUT2D eigenvalue weighted by Gasteiger charge is 2.26. The fourth-order valence-corrected chi connectivity index (χ4v) is 2.66. The molecule has 6 heteroatoms. The zero-order chi connectivity index (χ0) is 15.4. The van der Waals surface area contributed by atoms with E-state index in [0.717, 1.165) is 25.1 Å². The molecule has 0 aromatic heterocycles. The van der Waals surface area contributed by atoms with E-state index in [9.17, 15) is 13.9 Å². The Balaban J connectivity index is 2.01. The summed E-state index contributed by atoms with van der Waals surface area (Å²) in [5.74, 6) is 0.645. The SMILES string of the molecule is COc1cc(CN2CCC(C(C)O)C2)ccc1OC(F)F. The number of rotatable bonds is 6. The van der Waals surface area contributed by atoms with Crippen molar-refractivity contribution in [2.45, 2.75) is 32.6 Å². The summed E-state index contributed by atoms with van der Waals surface area (Å²) in [5, 5.41) is 9.60. The Hall–Kier alpha value is -1.40. The Morgan fingerprint density at radius 1 is 1.38 bits per heavy atom. The molecule has 0 spiro atoms. The highest BCUT2D eigenvalue weighted by atomic mass is 19.3. The van der Waals surface area contributed by atoms with Crippen molar-refractivity contribution >= 4 is 0 Å². The van der Waals surface area contributed by atoms with Gasteiger partial charge in [0, 0.05) is 13.1 Å². The second-order valence-corrected chi connectivity index (χ2v) is 5.39. The molecule has 1 heterocycles. The molecule has 118 valence electrons. The Morgan fingerprint density at radius 3 is 2.71 bits per heavy atom. The summed E-state index contributed by atoms with van der Waals surface area (Å²) < 4.78 is 34.0. The first kappa shape index (κ1) is 16.0. The summed E-state index contributed by atoms with van der Waals surface area (Å²) in [6.07, 6.45) is 0.674. The monoisotopic (exact) mass is 301 g/mol. The van der Waals surface area contributed by atoms with Crippen molar-refractivity contribution in [2.75, 3.05) is 20.2 Å². The number of nitrogens with zero attached hydrogens (tertiary/aromatic N) is 1. The van der Waals surface area contributed by atoms with E-state index in [1.54, 1.807) is 12.1 Å². The Kier molecular flexibility index (Phi) is 5.36. The van der Waals surface area contributed by atoms with Crippen molar-refractivity contribution in [1.29, 1.82) is 0 Å². The van der Waals surface area contributed by atoms with Crippen LogP contribution in [0.1, 0.15) is 18.9 Å². The van der Waals surface area contributed by atoms with E-state index in [1.807, 2.05) is 6.92 Å². The van der Waals surface area contributed by atoms with Crippen LogP contribution in [0.15, 0.2) is 18.2 Å². The lowest BCUT2D eigenvalue weighted by Crippen LogP contribution is -2.24. The van der Waals surface area contributed by atoms with Gasteiger partial charge in [0.15, 0.2) is 11.5 Å². The summed E-state index contributed by atoms with van der Waals surface area (Å²) in [6, 6.07) is 4.98. The number of aliphatic hydroxyl groups excluding tert-OH is 1. The third-order valence-electron chi connectivity index (χ3n) is 3.84. The van der Waals surface area contributed by atoms with Crippen LogP contribution in [0.4, 0.5) is 8.78 Å². The van der Waals surface area contributed by atoms with Crippen LogP contribution in [-0.2, 0) is 6.54 Å². The van der Waals surface area contributed by atoms with Gasteiger partial charge in [-0.05, 0) is 43.5 Å². The van der Waals surface area contributed by atoms with Crippen LogP contribution in [0.5, 0.6) is 11.5 Å². The summed E-state index contributed by atoms with van der Waals surface area (Å²) in [5.41, 5.74) is 0.972. The quantitative estimate of drug-likeness (QED) is 0.876. The lowest BCUT2D eigenvalue weighted by Gasteiger charge is -2.18. The number of benzene rings is 1. The molecule has 0 aliphatic carbocycles. The van der Waals surface area contributed by atoms with E-state index < -0.39 is 6.61 Å². The van der Waals surface area contributed by atoms with Crippen LogP contribution in [0.25, 0.3) is 0 Å². The Labute approximate surface area is 123 Å². The molecular formula is C15H21F2NO3. The van der Waals surface area contributed by atoms with Crippen LogP contribution in [0.3, 0.4) is 0 Å². The average Bonchev–Trinajstić information content (AvgIpc) is 2.88. The molecule has 0 saturated carbocycles. The van der Waals surface area contributed by atoms with E-state index in [0.29, 0.717) is 18.2 Å². The predicted molar refractivity (Wildman–Crippen MR) is 74.7 cm³/mol. The lowest BCUT2D eigenvalue weighted by atomic mass is 10.0. The first-order valence-electron chi connectivity index (χ1n) is 7.01. The number of alkyl halides is 2. The number of hydrogen-bond donors (Lipinski definition) is 1. The lowest BCUT2D eigenvalue weighted by molar-refractivity contribution is -0.0512. The topological polar surface area (TPSA) is 41.9 Å². The predicted octanol–water partition coefficient (Wildman–Crippen LogP) is 2.50. The standard InChI is InChI=1S/C15H21F2NO3/c1-10(19)12-5-6-18(9-12)8-11-3-4-13(21-15(16)17)14(7-11)20-2/h3-4,7,10,12,15,19H,5-6,8-9H2,1-2H3. The van der Waals surface area contributed by atoms with E-state index in [4.69, 9.17) is 4.74 Å². The molecule has 2 unspecified atom stereocenters. The largest absolute Gasteiger partial charge is 0.493 e. The van der Waals surface area contributed by atoms with Crippen LogP contribution in [0, 0.1) is 5.92 Å². The average molecular weight is 301 g/mol. The van der Waals surface area contributed by atoms with Crippen molar-refractivity contribution in [1.82, 2.24) is 4.90 Å². The first-order chi connectivity index (χ1) is 9.99. The van der Waals surface area contributed by atoms with Crippen molar-refractivity contribution in [3.8, 4) is 11.5 Å². The van der Waals surface area contributed by atoms with Gasteiger partial charge in [-0.2, -0.15) is 8.78 Å². The number of aliphatic hydroxyl groups is 1. The molecule has 4 nitrogen and oxygen atoms in total. The highest BCUT2D eigenvalue weighted by molar-refractivity contribution is 5.43. The molecule has 1 saturated heterocycles. The minimum Gasteiger partial charge on any atom is -0.493 e. The van der Waals surface area contributed by atoms with Gasteiger partial charge >= 0.3 is 6.61 Å². The van der Waals surface area contributed by atoms with Gasteiger partial charge in [0.25, 0.3) is 0 Å². The molecule has 2 atom stereocenters. The normalized spacial score (nSPS) is 20.8. The second kappa shape index (κ2) is 7.04. The molecule has 2 rings (SSSR count). The van der Waals surface area contributed by atoms with Crippen molar-refractivity contribution in [3.63, 3.8) is 0 Å². The Morgan fingerprint density at radius 2 is 2.14 bits per heavy atom. The van der Waals surface area contributed by atoms with Crippen LogP contribution >= 0.6 is 0 Å². The minimum absolute atomic E-state index is 0.0412. The van der Waals surface area contributed by atoms with Crippen molar-refractivity contribution in [3.05, 3.63) is 23.8 Å². The Bertz CT molecular complexity index is 468. The van der Waals surface area contributed by atoms with Gasteiger partial charge in [-0.15, -0.1) is 0 Å². The maximum atomic E-state index is 12.3. The van der Waals surface area contributed by atoms with E-state index in [1.165, 1.54) is 13.2 Å². The number of halogens is 2. The molecule has 1 N–H and O–H groups in total. The van der Waals surface area contributed by atoms with Gasteiger partial charge in [0.05, 0.1) is 13.2 Å². The number of hydrogen-bond acceptors (Lipinski definition) is 4. The number of likely N-dealkylation sites (tertiary alicyclic amines) is 1. The van der Waals surface area contributed by atoms with Gasteiger partial charge in [0.1, 0.15) is 0 Å². The summed E-state index contributed by atoms with van der Waals surface area (Å²) in [7, 11) is 1.43. The second-order valence-electron chi connectivity index (χ2n) is 5.39. The number of methoxy groups -OCH3 is 1. The zero-order valence-corrected chi connectivity index (χ0v) is 12.3. The number of ether oxygens (including phenoxy) is 2. The zero-order valence-electron chi connectivity index (χ0n) is 12.3. The molecule has 1 aliphatic rings. The van der Waals surface area contributed by atoms with Gasteiger partial charge < -0.3 is 14.6 Å². The van der Waals surface area contributed by atoms with Gasteiger partial charge in [-0.3, -0.25) is 4.90 Å². The molecule has 1 aromatic carbocycles. The third-order valence-corrected chi connectivity index (χ3v) is 3.84. The molecular weight excluding hydrogens is 280 g/mol. The van der Waals surface area contributed by atoms with Crippen LogP contribution < -0.4 is 9.47 Å². The summed E-state index contributed by atoms with van der Waals surface area (Å²) in [4.78, 5) is 2.24. The summed E-state index contributed by atoms with van der Waals surface area (Å²) in [6.45, 7) is 1.42. The first-order valence-corrected chi connectivity index (χ1v) is 7.01. The fourth-order valence-electron chi connectivity index (χ4n) is 2.66. The summed E-state index contributed by atoms with van der Waals surface area (Å²) >= 11 is 0. The molecule has 1 aliphatic heterocycles. The maximum Gasteiger partial charge on any atom is 0.387 e. The van der Waals surface area contributed by atoms with E-state index >= 15 is 0 Å². The van der Waals surface area contributed by atoms with E-state index in [-0.39, 0.29) is 11.9 Å². The molecule has 0 bridgehead atoms. The van der Waals surface area contributed by atoms with E-state index in [2.05, 4.69) is 9.64 Å². The van der Waals surface area contributed by atoms with Gasteiger partial charge in [0.2, 0.25) is 0 Å². The van der Waals surface area contributed by atoms with Crippen molar-refractivity contribution < 1.29 is 23.4 Å². The third kappa shape index (κ3) is 4.28.